The minimum absolute atomic E-state index is 0.0635. The van der Waals surface area contributed by atoms with Gasteiger partial charge in [0, 0.05) is 20.1 Å². The van der Waals surface area contributed by atoms with Gasteiger partial charge in [-0.05, 0) is 22.8 Å². The van der Waals surface area contributed by atoms with Gasteiger partial charge in [0.2, 0.25) is 5.91 Å². The SMILES string of the molecule is COCC[n+]1cnc(Sc2cc(O)c(NC(C)=O)cc2O)[nH]1. The van der Waals surface area contributed by atoms with E-state index in [-0.39, 0.29) is 23.1 Å². The predicted molar refractivity (Wildman–Crippen MR) is 78.9 cm³/mol. The second-order valence-corrected chi connectivity index (χ2v) is 5.50. The van der Waals surface area contributed by atoms with Crippen LogP contribution in [0.1, 0.15) is 6.92 Å². The number of nitrogens with one attached hydrogen (secondary N) is 2. The Hall–Kier alpha value is -2.26. The first kappa shape index (κ1) is 16.1. The molecular formula is C13H17N4O4S+. The van der Waals surface area contributed by atoms with E-state index in [4.69, 9.17) is 4.74 Å². The molecular weight excluding hydrogens is 308 g/mol. The van der Waals surface area contributed by atoms with Crippen molar-refractivity contribution in [2.75, 3.05) is 19.0 Å². The fourth-order valence-electron chi connectivity index (χ4n) is 1.69. The molecule has 4 N–H and O–H groups in total. The minimum Gasteiger partial charge on any atom is -0.507 e. The Balaban J connectivity index is 2.14. The highest BCUT2D eigenvalue weighted by molar-refractivity contribution is 7.99. The van der Waals surface area contributed by atoms with Gasteiger partial charge in [0.25, 0.3) is 0 Å². The van der Waals surface area contributed by atoms with Gasteiger partial charge in [-0.25, -0.2) is 0 Å². The molecule has 9 heteroatoms. The maximum Gasteiger partial charge on any atom is 0.315 e. The first-order valence-corrected chi connectivity index (χ1v) is 7.26. The number of phenols is 2. The van der Waals surface area contributed by atoms with E-state index in [9.17, 15) is 15.0 Å². The highest BCUT2D eigenvalue weighted by Crippen LogP contribution is 2.39. The van der Waals surface area contributed by atoms with E-state index < -0.39 is 0 Å². The summed E-state index contributed by atoms with van der Waals surface area (Å²) in [5.41, 5.74) is 0.156. The maximum atomic E-state index is 11.0. The molecule has 2 rings (SSSR count). The number of H-pyrrole nitrogens is 1. The Labute approximate surface area is 131 Å². The van der Waals surface area contributed by atoms with Crippen molar-refractivity contribution in [3.63, 3.8) is 0 Å². The van der Waals surface area contributed by atoms with Crippen molar-refractivity contribution in [2.24, 2.45) is 0 Å². The molecule has 1 aromatic heterocycles. The fourth-order valence-corrected chi connectivity index (χ4v) is 2.49. The number of aromatic nitrogens is 3. The number of amides is 1. The number of carbonyl (C=O) groups excluding carboxylic acids is 1. The highest BCUT2D eigenvalue weighted by atomic mass is 32.2. The van der Waals surface area contributed by atoms with Crippen LogP contribution in [0.5, 0.6) is 11.5 Å². The number of anilines is 1. The average molecular weight is 325 g/mol. The molecule has 0 aliphatic rings. The van der Waals surface area contributed by atoms with E-state index in [2.05, 4.69) is 15.4 Å². The lowest BCUT2D eigenvalue weighted by atomic mass is 10.2. The van der Waals surface area contributed by atoms with Crippen molar-refractivity contribution >= 4 is 23.4 Å². The van der Waals surface area contributed by atoms with Crippen LogP contribution in [0, 0.1) is 0 Å². The zero-order valence-corrected chi connectivity index (χ0v) is 13.0. The Morgan fingerprint density at radius 1 is 1.45 bits per heavy atom. The summed E-state index contributed by atoms with van der Waals surface area (Å²) in [5, 5.41) is 25.9. The molecule has 118 valence electrons. The van der Waals surface area contributed by atoms with Crippen molar-refractivity contribution < 1.29 is 24.4 Å². The van der Waals surface area contributed by atoms with Crippen LogP contribution in [0.4, 0.5) is 5.69 Å². The third kappa shape index (κ3) is 4.12. The van der Waals surface area contributed by atoms with Crippen LogP contribution in [-0.2, 0) is 16.1 Å². The highest BCUT2D eigenvalue weighted by Gasteiger charge is 2.16. The van der Waals surface area contributed by atoms with Gasteiger partial charge < -0.3 is 20.3 Å². The number of carbonyl (C=O) groups is 1. The molecule has 0 bridgehead atoms. The monoisotopic (exact) mass is 325 g/mol. The summed E-state index contributed by atoms with van der Waals surface area (Å²) < 4.78 is 6.71. The quantitative estimate of drug-likeness (QED) is 0.356. The number of ether oxygens (including phenoxy) is 1. The molecule has 1 amide bonds. The molecule has 1 aromatic carbocycles. The number of hydrogen-bond donors (Lipinski definition) is 4. The van der Waals surface area contributed by atoms with Gasteiger partial charge in [0.05, 0.1) is 17.2 Å². The summed E-state index contributed by atoms with van der Waals surface area (Å²) in [5.74, 6) is -0.527. The van der Waals surface area contributed by atoms with Crippen molar-refractivity contribution in [3.05, 3.63) is 18.5 Å². The van der Waals surface area contributed by atoms with Gasteiger partial charge in [-0.3, -0.25) is 4.79 Å². The average Bonchev–Trinajstić information content (AvgIpc) is 2.89. The van der Waals surface area contributed by atoms with Crippen LogP contribution >= 0.6 is 11.8 Å². The number of nitrogens with zero attached hydrogens (tertiary/aromatic N) is 2. The van der Waals surface area contributed by atoms with Crippen LogP contribution in [0.3, 0.4) is 0 Å². The molecule has 0 spiro atoms. The van der Waals surface area contributed by atoms with Crippen LogP contribution < -0.4 is 10.00 Å². The summed E-state index contributed by atoms with van der Waals surface area (Å²) in [7, 11) is 1.62. The molecule has 0 aliphatic heterocycles. The van der Waals surface area contributed by atoms with Gasteiger partial charge in [0.1, 0.15) is 18.0 Å². The number of aromatic amines is 1. The zero-order valence-electron chi connectivity index (χ0n) is 12.2. The number of aromatic hydroxyl groups is 2. The predicted octanol–water partition coefficient (Wildman–Crippen LogP) is 0.864. The lowest BCUT2D eigenvalue weighted by Gasteiger charge is -2.08. The number of benzene rings is 1. The smallest absolute Gasteiger partial charge is 0.315 e. The van der Waals surface area contributed by atoms with Crippen LogP contribution in [-0.4, -0.2) is 39.9 Å². The lowest BCUT2D eigenvalue weighted by Crippen LogP contribution is -2.37. The van der Waals surface area contributed by atoms with E-state index in [1.165, 1.54) is 19.1 Å². The van der Waals surface area contributed by atoms with E-state index in [1.54, 1.807) is 18.1 Å². The minimum atomic E-state index is -0.333. The molecule has 0 unspecified atom stereocenters. The third-order valence-corrected chi connectivity index (χ3v) is 3.62. The molecule has 22 heavy (non-hydrogen) atoms. The first-order valence-electron chi connectivity index (χ1n) is 6.44. The Morgan fingerprint density at radius 2 is 2.23 bits per heavy atom. The van der Waals surface area contributed by atoms with Crippen LogP contribution in [0.15, 0.2) is 28.5 Å². The molecule has 0 saturated heterocycles. The van der Waals surface area contributed by atoms with E-state index in [0.29, 0.717) is 23.2 Å². The van der Waals surface area contributed by atoms with E-state index in [0.717, 1.165) is 11.8 Å². The van der Waals surface area contributed by atoms with Crippen molar-refractivity contribution in [1.82, 2.24) is 10.1 Å². The standard InChI is InChI=1S/C13H16N4O4S/c1-8(18)15-9-5-11(20)12(6-10(9)19)22-13-14-7-17(16-13)3-4-21-2/h5-7H,3-4H2,1-2H3,(H3,15,18,19,20)/p+1. The Morgan fingerprint density at radius 3 is 2.91 bits per heavy atom. The van der Waals surface area contributed by atoms with Gasteiger partial charge in [0.15, 0.2) is 0 Å². The van der Waals surface area contributed by atoms with E-state index in [1.807, 2.05) is 0 Å². The molecule has 0 fully saturated rings. The Kier molecular flexibility index (Phi) is 5.23. The van der Waals surface area contributed by atoms with Crippen LogP contribution in [0.25, 0.3) is 0 Å². The van der Waals surface area contributed by atoms with Gasteiger partial charge in [-0.1, -0.05) is 0 Å². The molecule has 0 radical (unpaired) electrons. The largest absolute Gasteiger partial charge is 0.507 e. The van der Waals surface area contributed by atoms with Crippen molar-refractivity contribution in [2.45, 2.75) is 23.5 Å². The maximum absolute atomic E-state index is 11.0. The normalized spacial score (nSPS) is 10.6. The summed E-state index contributed by atoms with van der Waals surface area (Å²) in [6, 6.07) is 2.66. The van der Waals surface area contributed by atoms with Gasteiger partial charge in [-0.15, -0.1) is 0 Å². The third-order valence-electron chi connectivity index (χ3n) is 2.68. The molecule has 0 saturated carbocycles. The van der Waals surface area contributed by atoms with Gasteiger partial charge in [-0.2, -0.15) is 9.78 Å². The molecule has 1 heterocycles. The Bertz CT molecular complexity index is 674. The van der Waals surface area contributed by atoms with Crippen molar-refractivity contribution in [3.8, 4) is 11.5 Å². The van der Waals surface area contributed by atoms with E-state index >= 15 is 0 Å². The summed E-state index contributed by atoms with van der Waals surface area (Å²) in [4.78, 5) is 15.6. The lowest BCUT2D eigenvalue weighted by molar-refractivity contribution is -0.754. The zero-order chi connectivity index (χ0) is 16.1. The summed E-state index contributed by atoms with van der Waals surface area (Å²) in [6.45, 7) is 2.50. The summed E-state index contributed by atoms with van der Waals surface area (Å²) >= 11 is 1.16. The molecule has 8 nitrogen and oxygen atoms in total. The topological polar surface area (TPSA) is 111 Å². The fraction of sp³-hybridized carbons (Fsp3) is 0.308. The summed E-state index contributed by atoms with van der Waals surface area (Å²) in [6.07, 6.45) is 1.62. The number of phenolic OH excluding ortho intramolecular Hbond substituents is 2. The molecule has 0 atom stereocenters. The van der Waals surface area contributed by atoms with Gasteiger partial charge >= 0.3 is 11.5 Å². The molecule has 0 aliphatic carbocycles. The number of rotatable bonds is 6. The number of methoxy groups -OCH3 is 1. The van der Waals surface area contributed by atoms with Crippen LogP contribution in [0.2, 0.25) is 0 Å². The first-order chi connectivity index (χ1) is 10.5. The number of hydrogen-bond acceptors (Lipinski definition) is 6. The molecule has 2 aromatic rings. The second kappa shape index (κ2) is 7.14. The second-order valence-electron chi connectivity index (χ2n) is 4.47. The van der Waals surface area contributed by atoms with Crippen molar-refractivity contribution in [1.29, 1.82) is 0 Å².